The number of anilines is 1. The molecule has 4 rings (SSSR count). The Bertz CT molecular complexity index is 1030. The number of benzene rings is 2. The molecule has 2 aromatic carbocycles. The quantitative estimate of drug-likeness (QED) is 0.754. The minimum atomic E-state index is -0.228. The van der Waals surface area contributed by atoms with Crippen molar-refractivity contribution >= 4 is 28.4 Å². The highest BCUT2D eigenvalue weighted by Crippen LogP contribution is 2.24. The summed E-state index contributed by atoms with van der Waals surface area (Å²) in [6, 6.07) is 17.4. The van der Waals surface area contributed by atoms with Crippen molar-refractivity contribution in [3.05, 3.63) is 71.9 Å². The molecule has 0 saturated carbocycles. The van der Waals surface area contributed by atoms with Gasteiger partial charge in [-0.1, -0.05) is 42.5 Å². The van der Waals surface area contributed by atoms with Crippen LogP contribution in [0.25, 0.3) is 10.8 Å². The summed E-state index contributed by atoms with van der Waals surface area (Å²) >= 11 is 0. The number of aromatic nitrogens is 1. The number of piperidine rings is 1. The highest BCUT2D eigenvalue weighted by molar-refractivity contribution is 6.07. The maximum Gasteiger partial charge on any atom is 0.254 e. The molecule has 0 spiro atoms. The lowest BCUT2D eigenvalue weighted by Gasteiger charge is -2.32. The first kappa shape index (κ1) is 18.2. The van der Waals surface area contributed by atoms with Gasteiger partial charge in [-0.25, -0.2) is 4.98 Å². The Hall–Kier alpha value is -3.21. The number of aryl methyl sites for hydroxylation is 1. The lowest BCUT2D eigenvalue weighted by atomic mass is 9.95. The molecule has 1 aliphatic heterocycles. The Morgan fingerprint density at radius 3 is 2.75 bits per heavy atom. The van der Waals surface area contributed by atoms with E-state index in [-0.39, 0.29) is 17.7 Å². The van der Waals surface area contributed by atoms with Crippen molar-refractivity contribution in [3.8, 4) is 0 Å². The number of fused-ring (bicyclic) bond motifs is 1. The molecule has 3 aromatic rings. The van der Waals surface area contributed by atoms with Gasteiger partial charge in [-0.15, -0.1) is 0 Å². The largest absolute Gasteiger partial charge is 0.338 e. The van der Waals surface area contributed by atoms with Gasteiger partial charge in [0.2, 0.25) is 5.91 Å². The number of hydrogen-bond acceptors (Lipinski definition) is 3. The van der Waals surface area contributed by atoms with Crippen molar-refractivity contribution in [2.45, 2.75) is 19.8 Å². The first-order chi connectivity index (χ1) is 13.6. The molecule has 1 saturated heterocycles. The molecule has 5 heteroatoms. The average Bonchev–Trinajstić information content (AvgIpc) is 2.74. The maximum absolute atomic E-state index is 13.2. The number of pyridine rings is 1. The third-order valence-electron chi connectivity index (χ3n) is 5.35. The first-order valence-electron chi connectivity index (χ1n) is 9.63. The number of carbonyl (C=O) groups excluding carboxylic acids is 2. The van der Waals surface area contributed by atoms with Crippen LogP contribution in [0.15, 0.2) is 60.8 Å². The smallest absolute Gasteiger partial charge is 0.254 e. The maximum atomic E-state index is 13.2. The second kappa shape index (κ2) is 7.80. The molecule has 1 aliphatic rings. The second-order valence-corrected chi connectivity index (χ2v) is 7.28. The fraction of sp³-hybridized carbons (Fsp3) is 0.261. The number of hydrogen-bond donors (Lipinski definition) is 1. The van der Waals surface area contributed by atoms with Crippen LogP contribution in [0.5, 0.6) is 0 Å². The molecule has 28 heavy (non-hydrogen) atoms. The van der Waals surface area contributed by atoms with Gasteiger partial charge in [-0.05, 0) is 48.2 Å². The summed E-state index contributed by atoms with van der Waals surface area (Å²) in [5, 5.41) is 4.92. The molecule has 5 nitrogen and oxygen atoms in total. The van der Waals surface area contributed by atoms with E-state index in [1.165, 1.54) is 0 Å². The Kier molecular flexibility index (Phi) is 5.06. The van der Waals surface area contributed by atoms with E-state index in [4.69, 9.17) is 0 Å². The van der Waals surface area contributed by atoms with Crippen LogP contribution in [-0.2, 0) is 4.79 Å². The lowest BCUT2D eigenvalue weighted by Crippen LogP contribution is -2.44. The number of nitrogens with one attached hydrogen (secondary N) is 1. The van der Waals surface area contributed by atoms with Gasteiger partial charge in [0.05, 0.1) is 5.92 Å². The Labute approximate surface area is 164 Å². The zero-order valence-electron chi connectivity index (χ0n) is 15.9. The van der Waals surface area contributed by atoms with Gasteiger partial charge >= 0.3 is 0 Å². The van der Waals surface area contributed by atoms with Crippen LogP contribution in [0.1, 0.15) is 28.8 Å². The number of likely N-dealkylation sites (tertiary alicyclic amines) is 1. The van der Waals surface area contributed by atoms with Crippen LogP contribution >= 0.6 is 0 Å². The molecule has 0 radical (unpaired) electrons. The van der Waals surface area contributed by atoms with Crippen molar-refractivity contribution in [2.24, 2.45) is 5.92 Å². The number of carbonyl (C=O) groups is 2. The lowest BCUT2D eigenvalue weighted by molar-refractivity contribution is -0.121. The third-order valence-corrected chi connectivity index (χ3v) is 5.35. The highest BCUT2D eigenvalue weighted by Gasteiger charge is 2.29. The van der Waals surface area contributed by atoms with Gasteiger partial charge in [0.25, 0.3) is 5.91 Å². The molecular weight excluding hydrogens is 350 g/mol. The minimum absolute atomic E-state index is 0.0108. The predicted octanol–water partition coefficient (Wildman–Crippen LogP) is 4.03. The van der Waals surface area contributed by atoms with E-state index in [0.717, 1.165) is 29.2 Å². The summed E-state index contributed by atoms with van der Waals surface area (Å²) in [5.41, 5.74) is 1.62. The van der Waals surface area contributed by atoms with Crippen LogP contribution in [0.4, 0.5) is 5.82 Å². The number of nitrogens with zero attached hydrogens (tertiary/aromatic N) is 2. The Morgan fingerprint density at radius 2 is 1.89 bits per heavy atom. The molecule has 0 unspecified atom stereocenters. The fourth-order valence-electron chi connectivity index (χ4n) is 3.79. The van der Waals surface area contributed by atoms with Crippen LogP contribution in [-0.4, -0.2) is 34.8 Å². The van der Waals surface area contributed by atoms with Crippen LogP contribution < -0.4 is 5.32 Å². The molecule has 1 fully saturated rings. The summed E-state index contributed by atoms with van der Waals surface area (Å²) in [4.78, 5) is 32.0. The standard InChI is InChI=1S/C23H23N3O2/c1-16-7-5-13-24-21(16)25-22(27)18-10-6-14-26(15-18)23(28)20-12-4-9-17-8-2-3-11-19(17)20/h2-5,7-9,11-13,18H,6,10,14-15H2,1H3,(H,24,25,27)/t18-/m1/s1. The summed E-state index contributed by atoms with van der Waals surface area (Å²) in [5.74, 6) is 0.277. The van der Waals surface area contributed by atoms with Gasteiger partial charge in [-0.3, -0.25) is 9.59 Å². The molecule has 2 heterocycles. The van der Waals surface area contributed by atoms with Crippen molar-refractivity contribution in [2.75, 3.05) is 18.4 Å². The van der Waals surface area contributed by atoms with E-state index in [9.17, 15) is 9.59 Å². The summed E-state index contributed by atoms with van der Waals surface area (Å²) in [6.45, 7) is 3.02. The first-order valence-corrected chi connectivity index (χ1v) is 9.63. The Balaban J connectivity index is 1.51. The zero-order valence-corrected chi connectivity index (χ0v) is 15.9. The van der Waals surface area contributed by atoms with Gasteiger partial charge in [-0.2, -0.15) is 0 Å². The summed E-state index contributed by atoms with van der Waals surface area (Å²) in [6.07, 6.45) is 3.26. The molecule has 2 amide bonds. The molecule has 1 N–H and O–H groups in total. The van der Waals surface area contributed by atoms with Crippen molar-refractivity contribution in [1.82, 2.24) is 9.88 Å². The Morgan fingerprint density at radius 1 is 1.07 bits per heavy atom. The highest BCUT2D eigenvalue weighted by atomic mass is 16.2. The molecule has 142 valence electrons. The van der Waals surface area contributed by atoms with Crippen molar-refractivity contribution in [1.29, 1.82) is 0 Å². The third kappa shape index (κ3) is 3.60. The van der Waals surface area contributed by atoms with Gasteiger partial charge < -0.3 is 10.2 Å². The normalized spacial score (nSPS) is 16.8. The molecule has 1 atom stereocenters. The summed E-state index contributed by atoms with van der Waals surface area (Å²) < 4.78 is 0. The SMILES string of the molecule is Cc1cccnc1NC(=O)[C@@H]1CCCN(C(=O)c2cccc3ccccc23)C1. The molecule has 0 bridgehead atoms. The van der Waals surface area contributed by atoms with E-state index in [2.05, 4.69) is 10.3 Å². The van der Waals surface area contributed by atoms with Crippen molar-refractivity contribution in [3.63, 3.8) is 0 Å². The second-order valence-electron chi connectivity index (χ2n) is 7.28. The van der Waals surface area contributed by atoms with Crippen LogP contribution in [0.2, 0.25) is 0 Å². The van der Waals surface area contributed by atoms with E-state index < -0.39 is 0 Å². The minimum Gasteiger partial charge on any atom is -0.338 e. The van der Waals surface area contributed by atoms with Gasteiger partial charge in [0.15, 0.2) is 0 Å². The average molecular weight is 373 g/mol. The number of amides is 2. The topological polar surface area (TPSA) is 62.3 Å². The molecule has 1 aromatic heterocycles. The number of rotatable bonds is 3. The molecule has 0 aliphatic carbocycles. The van der Waals surface area contributed by atoms with Gasteiger partial charge in [0.1, 0.15) is 5.82 Å². The van der Waals surface area contributed by atoms with E-state index in [1.807, 2.05) is 61.5 Å². The monoisotopic (exact) mass is 373 g/mol. The van der Waals surface area contributed by atoms with Gasteiger partial charge in [0, 0.05) is 24.8 Å². The van der Waals surface area contributed by atoms with Crippen LogP contribution in [0.3, 0.4) is 0 Å². The zero-order chi connectivity index (χ0) is 19.5. The van der Waals surface area contributed by atoms with E-state index in [0.29, 0.717) is 24.5 Å². The predicted molar refractivity (Wildman–Crippen MR) is 110 cm³/mol. The van der Waals surface area contributed by atoms with Crippen molar-refractivity contribution < 1.29 is 9.59 Å². The van der Waals surface area contributed by atoms with E-state index >= 15 is 0 Å². The molecular formula is C23H23N3O2. The van der Waals surface area contributed by atoms with Crippen LogP contribution in [0, 0.1) is 12.8 Å². The van der Waals surface area contributed by atoms with E-state index in [1.54, 1.807) is 11.1 Å². The fourth-order valence-corrected chi connectivity index (χ4v) is 3.79. The summed E-state index contributed by atoms with van der Waals surface area (Å²) in [7, 11) is 0.